The molecule has 2 rings (SSSR count). The molecule has 1 unspecified atom stereocenters. The number of nitrogens with one attached hydrogen (secondary N) is 1. The van der Waals surface area contributed by atoms with Gasteiger partial charge in [-0.2, -0.15) is 0 Å². The van der Waals surface area contributed by atoms with Crippen molar-refractivity contribution in [2.24, 2.45) is 5.92 Å². The molecule has 1 aromatic rings. The third-order valence-electron chi connectivity index (χ3n) is 2.93. The van der Waals surface area contributed by atoms with Crippen LogP contribution in [0, 0.1) is 12.8 Å². The second kappa shape index (κ2) is 5.08. The van der Waals surface area contributed by atoms with Crippen molar-refractivity contribution in [2.75, 3.05) is 6.54 Å². The standard InChI is InChI=1S/C12H16BrNO2S/c1-9-2-6-11(7-3-9)17(15,16)14-8-12(13)10-4-5-10/h2-3,6-7,10,12,14H,4-5,8H2,1H3. The van der Waals surface area contributed by atoms with Crippen molar-refractivity contribution in [1.29, 1.82) is 0 Å². The van der Waals surface area contributed by atoms with Gasteiger partial charge in [0, 0.05) is 11.4 Å². The molecule has 3 nitrogen and oxygen atoms in total. The summed E-state index contributed by atoms with van der Waals surface area (Å²) in [5.41, 5.74) is 1.06. The van der Waals surface area contributed by atoms with Crippen LogP contribution in [0.1, 0.15) is 18.4 Å². The van der Waals surface area contributed by atoms with E-state index in [1.165, 1.54) is 12.8 Å². The van der Waals surface area contributed by atoms with E-state index in [0.29, 0.717) is 17.4 Å². The van der Waals surface area contributed by atoms with E-state index in [4.69, 9.17) is 0 Å². The first-order chi connectivity index (χ1) is 7.99. The molecule has 1 saturated carbocycles. The Morgan fingerprint density at radius 3 is 2.47 bits per heavy atom. The average Bonchev–Trinajstić information content (AvgIpc) is 3.10. The Morgan fingerprint density at radius 2 is 1.94 bits per heavy atom. The van der Waals surface area contributed by atoms with Crippen molar-refractivity contribution >= 4 is 26.0 Å². The van der Waals surface area contributed by atoms with Gasteiger partial charge in [0.15, 0.2) is 0 Å². The molecule has 0 amide bonds. The average molecular weight is 318 g/mol. The van der Waals surface area contributed by atoms with Gasteiger partial charge >= 0.3 is 0 Å². The fourth-order valence-corrected chi connectivity index (χ4v) is 3.58. The lowest BCUT2D eigenvalue weighted by Crippen LogP contribution is -2.30. The summed E-state index contributed by atoms with van der Waals surface area (Å²) in [7, 11) is -3.36. The lowest BCUT2D eigenvalue weighted by Gasteiger charge is -2.10. The Kier molecular flexibility index (Phi) is 3.90. The summed E-state index contributed by atoms with van der Waals surface area (Å²) in [6.45, 7) is 2.40. The summed E-state index contributed by atoms with van der Waals surface area (Å²) >= 11 is 3.51. The molecule has 94 valence electrons. The van der Waals surface area contributed by atoms with E-state index < -0.39 is 10.0 Å². The second-order valence-corrected chi connectivity index (χ2v) is 7.46. The highest BCUT2D eigenvalue weighted by molar-refractivity contribution is 9.09. The maximum absolute atomic E-state index is 12.0. The molecular weight excluding hydrogens is 302 g/mol. The highest BCUT2D eigenvalue weighted by atomic mass is 79.9. The van der Waals surface area contributed by atoms with Gasteiger partial charge in [-0.25, -0.2) is 13.1 Å². The predicted octanol–water partition coefficient (Wildman–Crippen LogP) is 2.45. The maximum Gasteiger partial charge on any atom is 0.240 e. The summed E-state index contributed by atoms with van der Waals surface area (Å²) in [6, 6.07) is 6.89. The lowest BCUT2D eigenvalue weighted by atomic mass is 10.2. The van der Waals surface area contributed by atoms with Gasteiger partial charge < -0.3 is 0 Å². The molecule has 1 aliphatic rings. The van der Waals surface area contributed by atoms with E-state index in [1.54, 1.807) is 24.3 Å². The zero-order valence-electron chi connectivity index (χ0n) is 9.69. The SMILES string of the molecule is Cc1ccc(S(=O)(=O)NCC(Br)C2CC2)cc1. The first-order valence-corrected chi connectivity index (χ1v) is 8.09. The summed E-state index contributed by atoms with van der Waals surface area (Å²) in [5, 5.41) is 0. The minimum Gasteiger partial charge on any atom is -0.210 e. The summed E-state index contributed by atoms with van der Waals surface area (Å²) in [6.07, 6.45) is 2.39. The highest BCUT2D eigenvalue weighted by Gasteiger charge is 2.30. The number of halogens is 1. The Hall–Kier alpha value is -0.390. The Labute approximate surface area is 111 Å². The van der Waals surface area contributed by atoms with Crippen molar-refractivity contribution in [3.8, 4) is 0 Å². The number of hydrogen-bond acceptors (Lipinski definition) is 2. The van der Waals surface area contributed by atoms with Crippen molar-refractivity contribution in [1.82, 2.24) is 4.72 Å². The molecule has 1 N–H and O–H groups in total. The third-order valence-corrected chi connectivity index (χ3v) is 5.44. The molecular formula is C12H16BrNO2S. The normalized spacial score (nSPS) is 18.0. The highest BCUT2D eigenvalue weighted by Crippen LogP contribution is 2.36. The van der Waals surface area contributed by atoms with Crippen molar-refractivity contribution < 1.29 is 8.42 Å². The van der Waals surface area contributed by atoms with Gasteiger partial charge in [-0.15, -0.1) is 0 Å². The van der Waals surface area contributed by atoms with Crippen LogP contribution in [0.2, 0.25) is 0 Å². The van der Waals surface area contributed by atoms with Gasteiger partial charge in [-0.3, -0.25) is 0 Å². The molecule has 0 heterocycles. The molecule has 0 bridgehead atoms. The molecule has 1 aromatic carbocycles. The van der Waals surface area contributed by atoms with E-state index >= 15 is 0 Å². The molecule has 0 aliphatic heterocycles. The molecule has 0 aromatic heterocycles. The Morgan fingerprint density at radius 1 is 1.35 bits per heavy atom. The second-order valence-electron chi connectivity index (χ2n) is 4.52. The van der Waals surface area contributed by atoms with Crippen LogP contribution in [0.15, 0.2) is 29.2 Å². The van der Waals surface area contributed by atoms with Crippen molar-refractivity contribution in [2.45, 2.75) is 29.5 Å². The van der Waals surface area contributed by atoms with Gasteiger partial charge in [0.05, 0.1) is 4.90 Å². The number of alkyl halides is 1. The Bertz CT molecular complexity index is 480. The largest absolute Gasteiger partial charge is 0.240 e. The third kappa shape index (κ3) is 3.53. The minimum absolute atomic E-state index is 0.253. The van der Waals surface area contributed by atoms with Crippen molar-refractivity contribution in [3.63, 3.8) is 0 Å². The monoisotopic (exact) mass is 317 g/mol. The topological polar surface area (TPSA) is 46.2 Å². The first kappa shape index (κ1) is 13.1. The van der Waals surface area contributed by atoms with Crippen LogP contribution in [-0.4, -0.2) is 19.8 Å². The van der Waals surface area contributed by atoms with Crippen LogP contribution in [-0.2, 0) is 10.0 Å². The Balaban J connectivity index is 2.00. The summed E-state index contributed by atoms with van der Waals surface area (Å²) in [5.74, 6) is 0.635. The smallest absolute Gasteiger partial charge is 0.210 e. The van der Waals surface area contributed by atoms with E-state index in [-0.39, 0.29) is 4.83 Å². The predicted molar refractivity (Wildman–Crippen MR) is 71.8 cm³/mol. The van der Waals surface area contributed by atoms with Crippen LogP contribution < -0.4 is 4.72 Å². The number of sulfonamides is 1. The van der Waals surface area contributed by atoms with Gasteiger partial charge in [0.2, 0.25) is 10.0 Å². The zero-order valence-corrected chi connectivity index (χ0v) is 12.1. The molecule has 1 atom stereocenters. The fourth-order valence-electron chi connectivity index (χ4n) is 1.61. The van der Waals surface area contributed by atoms with Gasteiger partial charge in [0.1, 0.15) is 0 Å². The number of benzene rings is 1. The molecule has 0 spiro atoms. The fraction of sp³-hybridized carbons (Fsp3) is 0.500. The van der Waals surface area contributed by atoms with E-state index in [0.717, 1.165) is 5.56 Å². The zero-order chi connectivity index (χ0) is 12.5. The summed E-state index contributed by atoms with van der Waals surface area (Å²) in [4.78, 5) is 0.585. The van der Waals surface area contributed by atoms with Crippen molar-refractivity contribution in [3.05, 3.63) is 29.8 Å². The molecule has 0 radical (unpaired) electrons. The number of hydrogen-bond donors (Lipinski definition) is 1. The molecule has 1 fully saturated rings. The summed E-state index contributed by atoms with van der Waals surface area (Å²) < 4.78 is 26.6. The minimum atomic E-state index is -3.36. The number of rotatable bonds is 5. The van der Waals surface area contributed by atoms with Gasteiger partial charge in [-0.05, 0) is 37.8 Å². The van der Waals surface area contributed by atoms with Crippen LogP contribution >= 0.6 is 15.9 Å². The molecule has 1 aliphatic carbocycles. The van der Waals surface area contributed by atoms with Crippen LogP contribution in [0.3, 0.4) is 0 Å². The first-order valence-electron chi connectivity index (χ1n) is 5.69. The molecule has 0 saturated heterocycles. The van der Waals surface area contributed by atoms with Crippen LogP contribution in [0.5, 0.6) is 0 Å². The number of aryl methyl sites for hydroxylation is 1. The van der Waals surface area contributed by atoms with Crippen LogP contribution in [0.4, 0.5) is 0 Å². The van der Waals surface area contributed by atoms with Gasteiger partial charge in [0.25, 0.3) is 0 Å². The lowest BCUT2D eigenvalue weighted by molar-refractivity contribution is 0.578. The quantitative estimate of drug-likeness (QED) is 0.848. The van der Waals surface area contributed by atoms with Crippen LogP contribution in [0.25, 0.3) is 0 Å². The van der Waals surface area contributed by atoms with Gasteiger partial charge in [-0.1, -0.05) is 33.6 Å². The van der Waals surface area contributed by atoms with E-state index in [9.17, 15) is 8.42 Å². The van der Waals surface area contributed by atoms with E-state index in [2.05, 4.69) is 20.7 Å². The van der Waals surface area contributed by atoms with E-state index in [1.807, 2.05) is 6.92 Å². The molecule has 17 heavy (non-hydrogen) atoms. The maximum atomic E-state index is 12.0. The molecule has 5 heteroatoms.